The minimum atomic E-state index is -0.00413. The quantitative estimate of drug-likeness (QED) is 0.696. The van der Waals surface area contributed by atoms with E-state index < -0.39 is 0 Å². The van der Waals surface area contributed by atoms with Gasteiger partial charge in [0.25, 0.3) is 0 Å². The van der Waals surface area contributed by atoms with E-state index in [-0.39, 0.29) is 5.41 Å². The van der Waals surface area contributed by atoms with E-state index in [1.165, 1.54) is 24.0 Å². The minimum absolute atomic E-state index is 0.00413. The third-order valence-electron chi connectivity index (χ3n) is 7.03. The molecular weight excluding hydrogens is 268 g/mol. The zero-order valence-corrected chi connectivity index (χ0v) is 15.3. The van der Waals surface area contributed by atoms with Gasteiger partial charge in [0.05, 0.1) is 0 Å². The Balaban J connectivity index is 2.00. The fourth-order valence-corrected chi connectivity index (χ4v) is 5.31. The van der Waals surface area contributed by atoms with Gasteiger partial charge in [0.2, 0.25) is 0 Å². The maximum absolute atomic E-state index is 10.6. The second kappa shape index (κ2) is 4.76. The fraction of sp³-hybridized carbons (Fsp3) is 0.714. The van der Waals surface area contributed by atoms with Gasteiger partial charge in [-0.1, -0.05) is 47.6 Å². The van der Waals surface area contributed by atoms with Gasteiger partial charge in [-0.05, 0) is 77.0 Å². The Hall–Kier alpha value is -0.980. The van der Waals surface area contributed by atoms with Crippen molar-refractivity contribution in [2.45, 2.75) is 72.6 Å². The van der Waals surface area contributed by atoms with Gasteiger partial charge in [0.1, 0.15) is 5.75 Å². The van der Waals surface area contributed by atoms with Crippen molar-refractivity contribution >= 4 is 0 Å². The first-order valence-corrected chi connectivity index (χ1v) is 8.87. The van der Waals surface area contributed by atoms with Crippen LogP contribution in [0.2, 0.25) is 0 Å². The van der Waals surface area contributed by atoms with Crippen molar-refractivity contribution in [3.8, 4) is 5.75 Å². The van der Waals surface area contributed by atoms with E-state index in [0.717, 1.165) is 23.3 Å². The molecule has 0 aromatic heterocycles. The molecule has 4 unspecified atom stereocenters. The Morgan fingerprint density at radius 2 is 1.77 bits per heavy atom. The second-order valence-corrected chi connectivity index (χ2v) is 9.53. The van der Waals surface area contributed by atoms with Crippen molar-refractivity contribution in [2.24, 2.45) is 23.2 Å². The van der Waals surface area contributed by atoms with Crippen LogP contribution in [0.3, 0.4) is 0 Å². The summed E-state index contributed by atoms with van der Waals surface area (Å²) >= 11 is 0. The number of rotatable bonds is 1. The molecule has 0 saturated heterocycles. The van der Waals surface area contributed by atoms with Crippen LogP contribution in [-0.4, -0.2) is 5.11 Å². The second-order valence-electron chi connectivity index (χ2n) is 9.53. The molecule has 0 amide bonds. The molecule has 3 rings (SSSR count). The molecule has 2 aliphatic rings. The molecule has 1 nitrogen and oxygen atoms in total. The Morgan fingerprint density at radius 1 is 1.14 bits per heavy atom. The highest BCUT2D eigenvalue weighted by molar-refractivity contribution is 5.47. The average Bonchev–Trinajstić information content (AvgIpc) is 2.91. The predicted molar refractivity (Wildman–Crippen MR) is 93.4 cm³/mol. The molecule has 1 aromatic carbocycles. The van der Waals surface area contributed by atoms with Crippen molar-refractivity contribution in [3.05, 3.63) is 28.8 Å². The monoisotopic (exact) mass is 300 g/mol. The maximum atomic E-state index is 10.6. The first-order valence-electron chi connectivity index (χ1n) is 8.87. The van der Waals surface area contributed by atoms with Crippen molar-refractivity contribution in [1.82, 2.24) is 0 Å². The number of aryl methyl sites for hydroxylation is 1. The maximum Gasteiger partial charge on any atom is 0.119 e. The molecule has 0 aliphatic heterocycles. The van der Waals surface area contributed by atoms with E-state index >= 15 is 0 Å². The molecule has 0 spiro atoms. The summed E-state index contributed by atoms with van der Waals surface area (Å²) in [6.45, 7) is 16.1. The van der Waals surface area contributed by atoms with Crippen LogP contribution in [0.25, 0.3) is 0 Å². The number of phenolic OH excluding ortho intramolecular Hbond substituents is 1. The molecule has 2 saturated carbocycles. The molecule has 0 radical (unpaired) electrons. The van der Waals surface area contributed by atoms with Gasteiger partial charge in [0, 0.05) is 0 Å². The van der Waals surface area contributed by atoms with Crippen LogP contribution in [0.1, 0.15) is 77.0 Å². The Morgan fingerprint density at radius 3 is 2.27 bits per heavy atom. The van der Waals surface area contributed by atoms with Crippen LogP contribution >= 0.6 is 0 Å². The normalized spacial score (nSPS) is 33.4. The van der Waals surface area contributed by atoms with Gasteiger partial charge in [-0.15, -0.1) is 0 Å². The summed E-state index contributed by atoms with van der Waals surface area (Å²) in [4.78, 5) is 0. The number of hydrogen-bond donors (Lipinski definition) is 1. The summed E-state index contributed by atoms with van der Waals surface area (Å²) in [6, 6.07) is 4.31. The smallest absolute Gasteiger partial charge is 0.119 e. The summed E-state index contributed by atoms with van der Waals surface area (Å²) in [5.41, 5.74) is 4.26. The lowest BCUT2D eigenvalue weighted by molar-refractivity contribution is 0.118. The van der Waals surface area contributed by atoms with Gasteiger partial charge in [-0.2, -0.15) is 0 Å². The van der Waals surface area contributed by atoms with E-state index in [4.69, 9.17) is 0 Å². The van der Waals surface area contributed by atoms with E-state index in [1.54, 1.807) is 0 Å². The van der Waals surface area contributed by atoms with Gasteiger partial charge < -0.3 is 5.11 Å². The topological polar surface area (TPSA) is 20.2 Å². The Labute approximate surface area is 136 Å². The molecule has 122 valence electrons. The van der Waals surface area contributed by atoms with Gasteiger partial charge in [0.15, 0.2) is 0 Å². The van der Waals surface area contributed by atoms with Crippen molar-refractivity contribution < 1.29 is 5.11 Å². The Bertz CT molecular complexity index is 591. The van der Waals surface area contributed by atoms with Crippen LogP contribution < -0.4 is 0 Å². The third kappa shape index (κ3) is 2.20. The number of aromatic hydroxyl groups is 1. The third-order valence-corrected chi connectivity index (χ3v) is 7.03. The number of fused-ring (bicyclic) bond motifs is 2. The molecule has 1 N–H and O–H groups in total. The highest BCUT2D eigenvalue weighted by Gasteiger charge is 2.55. The standard InChI is InChI=1S/C21H32O/c1-12-8-18(20(3,4)5)19(22)11-15(12)16-9-14-10-17(16)21(6,7)13(14)2/h8,11,13-14,16-17,22H,9-10H2,1-7H3. The van der Waals surface area contributed by atoms with Crippen LogP contribution in [-0.2, 0) is 5.41 Å². The first kappa shape index (κ1) is 15.9. The summed E-state index contributed by atoms with van der Waals surface area (Å²) in [5, 5.41) is 10.6. The summed E-state index contributed by atoms with van der Waals surface area (Å²) in [6.07, 6.45) is 2.68. The summed E-state index contributed by atoms with van der Waals surface area (Å²) in [7, 11) is 0. The van der Waals surface area contributed by atoms with Crippen LogP contribution in [0.4, 0.5) is 0 Å². The average molecular weight is 300 g/mol. The number of hydrogen-bond acceptors (Lipinski definition) is 1. The van der Waals surface area contributed by atoms with Crippen LogP contribution in [0.15, 0.2) is 12.1 Å². The van der Waals surface area contributed by atoms with Gasteiger partial charge >= 0.3 is 0 Å². The zero-order chi connectivity index (χ0) is 16.4. The molecular formula is C21H32O. The molecule has 1 aromatic rings. The van der Waals surface area contributed by atoms with E-state index in [9.17, 15) is 5.11 Å². The first-order chi connectivity index (χ1) is 10.0. The van der Waals surface area contributed by atoms with E-state index in [1.807, 2.05) is 0 Å². The zero-order valence-electron chi connectivity index (χ0n) is 15.3. The highest BCUT2D eigenvalue weighted by atomic mass is 16.3. The minimum Gasteiger partial charge on any atom is -0.508 e. The molecule has 2 bridgehead atoms. The molecule has 2 aliphatic carbocycles. The molecule has 1 heteroatoms. The lowest BCUT2D eigenvalue weighted by atomic mass is 9.63. The molecule has 0 heterocycles. The van der Waals surface area contributed by atoms with Gasteiger partial charge in [-0.3, -0.25) is 0 Å². The predicted octanol–water partition coefficient (Wildman–Crippen LogP) is 5.78. The lowest BCUT2D eigenvalue weighted by Crippen LogP contribution is -2.33. The fourth-order valence-electron chi connectivity index (χ4n) is 5.31. The Kier molecular flexibility index (Phi) is 3.44. The lowest BCUT2D eigenvalue weighted by Gasteiger charge is -2.41. The van der Waals surface area contributed by atoms with Crippen LogP contribution in [0, 0.1) is 30.1 Å². The molecule has 22 heavy (non-hydrogen) atoms. The van der Waals surface area contributed by atoms with Crippen molar-refractivity contribution in [3.63, 3.8) is 0 Å². The molecule has 2 fully saturated rings. The van der Waals surface area contributed by atoms with Crippen LogP contribution in [0.5, 0.6) is 5.75 Å². The number of benzene rings is 1. The summed E-state index contributed by atoms with van der Waals surface area (Å²) < 4.78 is 0. The summed E-state index contributed by atoms with van der Waals surface area (Å²) in [5.74, 6) is 3.59. The van der Waals surface area contributed by atoms with Crippen molar-refractivity contribution in [2.75, 3.05) is 0 Å². The van der Waals surface area contributed by atoms with Crippen molar-refractivity contribution in [1.29, 1.82) is 0 Å². The SMILES string of the molecule is Cc1cc(C(C)(C)C)c(O)cc1C1CC2CC1C(C)(C)C2C. The van der Waals surface area contributed by atoms with Gasteiger partial charge in [-0.25, -0.2) is 0 Å². The number of phenols is 1. The largest absolute Gasteiger partial charge is 0.508 e. The van der Waals surface area contributed by atoms with E-state index in [2.05, 4.69) is 60.6 Å². The molecule has 4 atom stereocenters. The highest BCUT2D eigenvalue weighted by Crippen LogP contribution is 2.64. The van der Waals surface area contributed by atoms with E-state index in [0.29, 0.717) is 17.1 Å².